The maximum atomic E-state index is 4.44. The fourth-order valence-corrected chi connectivity index (χ4v) is 2.63. The summed E-state index contributed by atoms with van der Waals surface area (Å²) < 4.78 is 0. The van der Waals surface area contributed by atoms with Gasteiger partial charge < -0.3 is 5.32 Å². The molecule has 1 N–H and O–H groups in total. The number of thiazole rings is 1. The number of hydrogen-bond donors (Lipinski definition) is 1. The van der Waals surface area contributed by atoms with Crippen molar-refractivity contribution in [1.82, 2.24) is 10.3 Å². The third kappa shape index (κ3) is 4.06. The van der Waals surface area contributed by atoms with Gasteiger partial charge in [0.25, 0.3) is 0 Å². The highest BCUT2D eigenvalue weighted by Gasteiger charge is 2.08. The lowest BCUT2D eigenvalue weighted by Gasteiger charge is -2.15. The number of nitrogens with zero attached hydrogens (tertiary/aromatic N) is 1. The second-order valence-electron chi connectivity index (χ2n) is 4.09. The number of aryl methyl sites for hydroxylation is 2. The SMILES string of the molecule is C=CCCC(CC)NCc1sc(C)nc1C. The molecule has 0 fully saturated rings. The van der Waals surface area contributed by atoms with Crippen LogP contribution >= 0.6 is 11.3 Å². The molecular weight excluding hydrogens is 216 g/mol. The molecule has 1 aromatic rings. The fourth-order valence-electron chi connectivity index (χ4n) is 1.74. The Labute approximate surface area is 103 Å². The van der Waals surface area contributed by atoms with Crippen molar-refractivity contribution in [2.24, 2.45) is 0 Å². The third-order valence-electron chi connectivity index (χ3n) is 2.76. The van der Waals surface area contributed by atoms with E-state index in [1.165, 1.54) is 23.4 Å². The molecule has 0 spiro atoms. The van der Waals surface area contributed by atoms with Gasteiger partial charge in [0.05, 0.1) is 10.7 Å². The summed E-state index contributed by atoms with van der Waals surface area (Å²) in [6.07, 6.45) is 5.43. The zero-order chi connectivity index (χ0) is 12.0. The van der Waals surface area contributed by atoms with E-state index < -0.39 is 0 Å². The lowest BCUT2D eigenvalue weighted by atomic mass is 10.1. The van der Waals surface area contributed by atoms with Crippen molar-refractivity contribution in [3.05, 3.63) is 28.2 Å². The van der Waals surface area contributed by atoms with Crippen molar-refractivity contribution < 1.29 is 0 Å². The number of hydrogen-bond acceptors (Lipinski definition) is 3. The first-order valence-electron chi connectivity index (χ1n) is 5.94. The molecule has 1 atom stereocenters. The van der Waals surface area contributed by atoms with E-state index in [4.69, 9.17) is 0 Å². The van der Waals surface area contributed by atoms with Crippen LogP contribution in [0.15, 0.2) is 12.7 Å². The largest absolute Gasteiger partial charge is 0.309 e. The Hall–Kier alpha value is -0.670. The maximum Gasteiger partial charge on any atom is 0.0900 e. The van der Waals surface area contributed by atoms with Gasteiger partial charge in [0, 0.05) is 17.5 Å². The second kappa shape index (κ2) is 6.81. The molecule has 0 aliphatic carbocycles. The van der Waals surface area contributed by atoms with Crippen molar-refractivity contribution in [2.75, 3.05) is 0 Å². The van der Waals surface area contributed by atoms with Crippen molar-refractivity contribution in [1.29, 1.82) is 0 Å². The number of allylic oxidation sites excluding steroid dienone is 1. The second-order valence-corrected chi connectivity index (χ2v) is 5.38. The summed E-state index contributed by atoms with van der Waals surface area (Å²) >= 11 is 1.80. The van der Waals surface area contributed by atoms with Gasteiger partial charge in [-0.25, -0.2) is 4.98 Å². The predicted molar refractivity (Wildman–Crippen MR) is 71.9 cm³/mol. The summed E-state index contributed by atoms with van der Waals surface area (Å²) in [6.45, 7) is 11.1. The minimum Gasteiger partial charge on any atom is -0.309 e. The molecular formula is C13H22N2S. The van der Waals surface area contributed by atoms with Crippen LogP contribution in [0.1, 0.15) is 41.8 Å². The van der Waals surface area contributed by atoms with Gasteiger partial charge in [0.15, 0.2) is 0 Å². The zero-order valence-corrected chi connectivity index (χ0v) is 11.4. The van der Waals surface area contributed by atoms with E-state index in [0.717, 1.165) is 18.0 Å². The average molecular weight is 238 g/mol. The maximum absolute atomic E-state index is 4.44. The van der Waals surface area contributed by atoms with Crippen molar-refractivity contribution in [2.45, 2.75) is 52.6 Å². The first kappa shape index (κ1) is 13.4. The highest BCUT2D eigenvalue weighted by molar-refractivity contribution is 7.11. The Morgan fingerprint density at radius 3 is 2.75 bits per heavy atom. The van der Waals surface area contributed by atoms with E-state index in [1.807, 2.05) is 6.08 Å². The normalized spacial score (nSPS) is 12.7. The summed E-state index contributed by atoms with van der Waals surface area (Å²) in [5.74, 6) is 0. The van der Waals surface area contributed by atoms with Crippen LogP contribution in [0.5, 0.6) is 0 Å². The van der Waals surface area contributed by atoms with Gasteiger partial charge >= 0.3 is 0 Å². The first-order chi connectivity index (χ1) is 7.67. The van der Waals surface area contributed by atoms with Gasteiger partial charge in [0.2, 0.25) is 0 Å². The van der Waals surface area contributed by atoms with Gasteiger partial charge in [-0.3, -0.25) is 0 Å². The van der Waals surface area contributed by atoms with E-state index in [-0.39, 0.29) is 0 Å². The number of aromatic nitrogens is 1. The Kier molecular flexibility index (Phi) is 5.71. The Balaban J connectivity index is 2.42. The topological polar surface area (TPSA) is 24.9 Å². The smallest absolute Gasteiger partial charge is 0.0900 e. The van der Waals surface area contributed by atoms with Crippen molar-refractivity contribution in [3.8, 4) is 0 Å². The molecule has 0 saturated heterocycles. The molecule has 1 heterocycles. The molecule has 3 heteroatoms. The van der Waals surface area contributed by atoms with E-state index in [0.29, 0.717) is 6.04 Å². The van der Waals surface area contributed by atoms with Crippen LogP contribution in [0.4, 0.5) is 0 Å². The zero-order valence-electron chi connectivity index (χ0n) is 10.5. The molecule has 2 nitrogen and oxygen atoms in total. The molecule has 0 aliphatic rings. The van der Waals surface area contributed by atoms with E-state index in [2.05, 4.69) is 37.7 Å². The molecule has 0 saturated carbocycles. The lowest BCUT2D eigenvalue weighted by molar-refractivity contribution is 0.472. The molecule has 90 valence electrons. The first-order valence-corrected chi connectivity index (χ1v) is 6.76. The quantitative estimate of drug-likeness (QED) is 0.734. The summed E-state index contributed by atoms with van der Waals surface area (Å²) in [6, 6.07) is 0.597. The van der Waals surface area contributed by atoms with Crippen LogP contribution in [0.25, 0.3) is 0 Å². The molecule has 0 aromatic carbocycles. The average Bonchev–Trinajstić information content (AvgIpc) is 2.58. The molecule has 1 rings (SSSR count). The molecule has 0 aliphatic heterocycles. The van der Waals surface area contributed by atoms with Gasteiger partial charge in [-0.2, -0.15) is 0 Å². The summed E-state index contributed by atoms with van der Waals surface area (Å²) in [5.41, 5.74) is 1.17. The third-order valence-corrected chi connectivity index (χ3v) is 3.84. The van der Waals surface area contributed by atoms with E-state index in [1.54, 1.807) is 11.3 Å². The van der Waals surface area contributed by atoms with Crippen LogP contribution in [0, 0.1) is 13.8 Å². The molecule has 1 unspecified atom stereocenters. The predicted octanol–water partition coefficient (Wildman–Crippen LogP) is 3.59. The highest BCUT2D eigenvalue weighted by Crippen LogP contribution is 2.17. The van der Waals surface area contributed by atoms with Gasteiger partial charge in [-0.05, 0) is 33.1 Å². The minimum absolute atomic E-state index is 0.597. The highest BCUT2D eigenvalue weighted by atomic mass is 32.1. The Bertz CT molecular complexity index is 331. The monoisotopic (exact) mass is 238 g/mol. The van der Waals surface area contributed by atoms with Crippen molar-refractivity contribution >= 4 is 11.3 Å². The van der Waals surface area contributed by atoms with Crippen LogP contribution in [-0.2, 0) is 6.54 Å². The fraction of sp³-hybridized carbons (Fsp3) is 0.615. The van der Waals surface area contributed by atoms with Gasteiger partial charge in [-0.15, -0.1) is 17.9 Å². The molecule has 16 heavy (non-hydrogen) atoms. The van der Waals surface area contributed by atoms with Crippen LogP contribution < -0.4 is 5.32 Å². The molecule has 1 aromatic heterocycles. The summed E-state index contributed by atoms with van der Waals surface area (Å²) in [4.78, 5) is 5.81. The molecule has 0 radical (unpaired) electrons. The van der Waals surface area contributed by atoms with Gasteiger partial charge in [-0.1, -0.05) is 13.0 Å². The van der Waals surface area contributed by atoms with Crippen molar-refractivity contribution in [3.63, 3.8) is 0 Å². The van der Waals surface area contributed by atoms with Crippen LogP contribution in [-0.4, -0.2) is 11.0 Å². The van der Waals surface area contributed by atoms with Gasteiger partial charge in [0.1, 0.15) is 0 Å². The molecule has 0 amide bonds. The number of rotatable bonds is 7. The van der Waals surface area contributed by atoms with Crippen LogP contribution in [0.3, 0.4) is 0 Å². The standard InChI is InChI=1S/C13H22N2S/c1-5-7-8-12(6-2)14-9-13-10(3)15-11(4)16-13/h5,12,14H,1,6-9H2,2-4H3. The lowest BCUT2D eigenvalue weighted by Crippen LogP contribution is -2.27. The van der Waals surface area contributed by atoms with E-state index >= 15 is 0 Å². The minimum atomic E-state index is 0.597. The summed E-state index contributed by atoms with van der Waals surface area (Å²) in [5, 5.41) is 4.76. The Morgan fingerprint density at radius 1 is 1.50 bits per heavy atom. The Morgan fingerprint density at radius 2 is 2.25 bits per heavy atom. The van der Waals surface area contributed by atoms with E-state index in [9.17, 15) is 0 Å². The summed E-state index contributed by atoms with van der Waals surface area (Å²) in [7, 11) is 0. The van der Waals surface area contributed by atoms with Crippen LogP contribution in [0.2, 0.25) is 0 Å². The molecule has 0 bridgehead atoms. The number of nitrogens with one attached hydrogen (secondary N) is 1.